The van der Waals surface area contributed by atoms with Crippen molar-refractivity contribution in [2.24, 2.45) is 0 Å². The molecule has 1 aromatic rings. The van der Waals surface area contributed by atoms with Gasteiger partial charge in [0.2, 0.25) is 0 Å². The fourth-order valence-corrected chi connectivity index (χ4v) is 1.11. The average Bonchev–Trinajstić information content (AvgIpc) is 2.16. The summed E-state index contributed by atoms with van der Waals surface area (Å²) in [5, 5.41) is 8.43. The molecule has 0 aromatic heterocycles. The third-order valence-electron chi connectivity index (χ3n) is 1.66. The smallest absolute Gasteiger partial charge is 0.537 e. The summed E-state index contributed by atoms with van der Waals surface area (Å²) in [5.41, 5.74) is 1.24. The summed E-state index contributed by atoms with van der Waals surface area (Å²) in [6, 6.07) is 4.86. The second-order valence-corrected chi connectivity index (χ2v) is 2.75. The number of methoxy groups -OCH3 is 1. The lowest BCUT2D eigenvalue weighted by molar-refractivity contribution is 0.0600. The Morgan fingerprint density at radius 3 is 2.71 bits per heavy atom. The first-order valence-corrected chi connectivity index (χ1v) is 4.00. The van der Waals surface area contributed by atoms with E-state index in [2.05, 4.69) is 4.74 Å². The predicted molar refractivity (Wildman–Crippen MR) is 51.1 cm³/mol. The molecule has 5 heteroatoms. The molecule has 0 aliphatic rings. The van der Waals surface area contributed by atoms with Crippen LogP contribution in [0, 0.1) is 6.92 Å². The van der Waals surface area contributed by atoms with Gasteiger partial charge in [0.15, 0.2) is 0 Å². The van der Waals surface area contributed by atoms with E-state index in [9.17, 15) is 4.79 Å². The number of aryl methyl sites for hydroxylation is 1. The van der Waals surface area contributed by atoms with Crippen LogP contribution in [0.1, 0.15) is 15.9 Å². The summed E-state index contributed by atoms with van der Waals surface area (Å²) in [6.07, 6.45) is 0. The Bertz CT molecular complexity index is 338. The highest BCUT2D eigenvalue weighted by Gasteiger charge is 2.07. The van der Waals surface area contributed by atoms with E-state index in [4.69, 9.17) is 9.68 Å². The normalized spacial score (nSPS) is 9.36. The molecule has 0 saturated heterocycles. The van der Waals surface area contributed by atoms with Crippen LogP contribution in [0.25, 0.3) is 0 Å². The Balaban J connectivity index is 3.00. The zero-order valence-electron chi connectivity index (χ0n) is 7.98. The van der Waals surface area contributed by atoms with Gasteiger partial charge in [-0.25, -0.2) is 4.79 Å². The van der Waals surface area contributed by atoms with E-state index in [-0.39, 0.29) is 0 Å². The number of esters is 1. The van der Waals surface area contributed by atoms with E-state index >= 15 is 0 Å². The highest BCUT2D eigenvalue weighted by atomic mass is 16.5. The lowest BCUT2D eigenvalue weighted by Crippen LogP contribution is -2.04. The van der Waals surface area contributed by atoms with Crippen LogP contribution in [-0.2, 0) is 4.74 Å². The van der Waals surface area contributed by atoms with Crippen molar-refractivity contribution in [3.63, 3.8) is 0 Å². The molecule has 0 bridgehead atoms. The number of hydrogen-bond donors (Lipinski definition) is 1. The molecular formula is C9H10BO4. The minimum absolute atomic E-state index is 0.393. The molecule has 1 aromatic carbocycles. The summed E-state index contributed by atoms with van der Waals surface area (Å²) in [6.45, 7) is 1.82. The highest BCUT2D eigenvalue weighted by Crippen LogP contribution is 2.16. The van der Waals surface area contributed by atoms with Crippen molar-refractivity contribution in [3.8, 4) is 5.75 Å². The van der Waals surface area contributed by atoms with Gasteiger partial charge in [0.05, 0.1) is 12.7 Å². The summed E-state index contributed by atoms with van der Waals surface area (Å²) in [4.78, 5) is 11.2. The Morgan fingerprint density at radius 1 is 1.43 bits per heavy atom. The molecule has 1 radical (unpaired) electrons. The molecular weight excluding hydrogens is 183 g/mol. The number of carbonyl (C=O) groups excluding carboxylic acids is 1. The highest BCUT2D eigenvalue weighted by molar-refractivity contribution is 6.17. The van der Waals surface area contributed by atoms with E-state index in [0.29, 0.717) is 19.0 Å². The largest absolute Gasteiger partial charge is 0.569 e. The van der Waals surface area contributed by atoms with Crippen molar-refractivity contribution in [2.45, 2.75) is 6.92 Å². The van der Waals surface area contributed by atoms with E-state index < -0.39 is 5.97 Å². The second kappa shape index (κ2) is 4.67. The molecule has 0 heterocycles. The van der Waals surface area contributed by atoms with Crippen molar-refractivity contribution in [3.05, 3.63) is 29.3 Å². The minimum atomic E-state index is -0.434. The van der Waals surface area contributed by atoms with Crippen LogP contribution in [0.15, 0.2) is 18.2 Å². The fourth-order valence-electron chi connectivity index (χ4n) is 1.11. The lowest BCUT2D eigenvalue weighted by atomic mass is 10.1. The standard InChI is InChI=1S/C9H10BO4/c1-6-3-7(9(11)13-2)5-8(4-6)14-10-12/h3-5,12H,1-2H3. The van der Waals surface area contributed by atoms with Crippen LogP contribution in [-0.4, -0.2) is 25.8 Å². The zero-order chi connectivity index (χ0) is 10.6. The average molecular weight is 193 g/mol. The van der Waals surface area contributed by atoms with E-state index in [1.165, 1.54) is 13.2 Å². The van der Waals surface area contributed by atoms with Crippen LogP contribution in [0.5, 0.6) is 5.75 Å². The topological polar surface area (TPSA) is 55.8 Å². The Labute approximate surface area is 82.8 Å². The van der Waals surface area contributed by atoms with Crippen molar-refractivity contribution < 1.29 is 19.2 Å². The predicted octanol–water partition coefficient (Wildman–Crippen LogP) is 0.687. The van der Waals surface area contributed by atoms with Gasteiger partial charge < -0.3 is 14.4 Å². The van der Waals surface area contributed by atoms with Crippen LogP contribution in [0.2, 0.25) is 0 Å². The monoisotopic (exact) mass is 193 g/mol. The van der Waals surface area contributed by atoms with Crippen LogP contribution in [0.4, 0.5) is 0 Å². The van der Waals surface area contributed by atoms with E-state index in [1.54, 1.807) is 12.1 Å². The van der Waals surface area contributed by atoms with Gasteiger partial charge in [0.25, 0.3) is 0 Å². The maximum absolute atomic E-state index is 11.2. The molecule has 1 rings (SSSR count). The molecule has 0 spiro atoms. The van der Waals surface area contributed by atoms with Crippen molar-refractivity contribution in [2.75, 3.05) is 7.11 Å². The van der Waals surface area contributed by atoms with E-state index in [0.717, 1.165) is 5.56 Å². The fraction of sp³-hybridized carbons (Fsp3) is 0.222. The Kier molecular flexibility index (Phi) is 3.53. The first-order valence-electron chi connectivity index (χ1n) is 4.00. The molecule has 1 N–H and O–H groups in total. The molecule has 73 valence electrons. The Morgan fingerprint density at radius 2 is 2.14 bits per heavy atom. The van der Waals surface area contributed by atoms with Gasteiger partial charge in [-0.05, 0) is 30.7 Å². The molecule has 14 heavy (non-hydrogen) atoms. The number of carbonyl (C=O) groups is 1. The quantitative estimate of drug-likeness (QED) is 0.566. The summed E-state index contributed by atoms with van der Waals surface area (Å²) in [7, 11) is 1.87. The number of ether oxygens (including phenoxy) is 1. The van der Waals surface area contributed by atoms with Crippen LogP contribution >= 0.6 is 0 Å². The summed E-state index contributed by atoms with van der Waals surface area (Å²) in [5.74, 6) is -0.0376. The van der Waals surface area contributed by atoms with Gasteiger partial charge in [-0.3, -0.25) is 0 Å². The third kappa shape index (κ3) is 2.50. The van der Waals surface area contributed by atoms with Crippen LogP contribution < -0.4 is 4.65 Å². The van der Waals surface area contributed by atoms with Crippen molar-refractivity contribution in [1.29, 1.82) is 0 Å². The first-order chi connectivity index (χ1) is 6.67. The first kappa shape index (κ1) is 10.6. The maximum Gasteiger partial charge on any atom is 0.569 e. The molecule has 0 aliphatic heterocycles. The molecule has 0 atom stereocenters. The minimum Gasteiger partial charge on any atom is -0.537 e. The van der Waals surface area contributed by atoms with Gasteiger partial charge in [0.1, 0.15) is 5.75 Å². The number of rotatable bonds is 3. The van der Waals surface area contributed by atoms with Crippen LogP contribution in [0.3, 0.4) is 0 Å². The number of benzene rings is 1. The molecule has 4 nitrogen and oxygen atoms in total. The van der Waals surface area contributed by atoms with Gasteiger partial charge in [-0.2, -0.15) is 0 Å². The van der Waals surface area contributed by atoms with Gasteiger partial charge in [0, 0.05) is 0 Å². The van der Waals surface area contributed by atoms with Gasteiger partial charge in [-0.1, -0.05) is 0 Å². The Hall–Kier alpha value is -1.49. The maximum atomic E-state index is 11.2. The summed E-state index contributed by atoms with van der Waals surface area (Å²) < 4.78 is 9.30. The summed E-state index contributed by atoms with van der Waals surface area (Å²) >= 11 is 0. The van der Waals surface area contributed by atoms with Crippen molar-refractivity contribution in [1.82, 2.24) is 0 Å². The SMILES string of the molecule is COC(=O)c1cc(C)cc(O[B]O)c1. The molecule has 0 amide bonds. The van der Waals surface area contributed by atoms with Crippen molar-refractivity contribution >= 4 is 13.7 Å². The number of hydrogen-bond acceptors (Lipinski definition) is 4. The van der Waals surface area contributed by atoms with Gasteiger partial charge in [-0.15, -0.1) is 0 Å². The molecule has 0 unspecified atom stereocenters. The molecule has 0 aliphatic carbocycles. The molecule has 0 fully saturated rings. The van der Waals surface area contributed by atoms with E-state index in [1.807, 2.05) is 6.92 Å². The zero-order valence-corrected chi connectivity index (χ0v) is 7.98. The second-order valence-electron chi connectivity index (χ2n) is 2.75. The third-order valence-corrected chi connectivity index (χ3v) is 1.66. The lowest BCUT2D eigenvalue weighted by Gasteiger charge is -2.05. The molecule has 0 saturated carbocycles. The van der Waals surface area contributed by atoms with Gasteiger partial charge >= 0.3 is 13.7 Å².